The van der Waals surface area contributed by atoms with Crippen LogP contribution in [0.2, 0.25) is 0 Å². The number of rotatable bonds is 11. The highest BCUT2D eigenvalue weighted by molar-refractivity contribution is 7.47. The van der Waals surface area contributed by atoms with Gasteiger partial charge in [0.1, 0.15) is 42.4 Å². The summed E-state index contributed by atoms with van der Waals surface area (Å²) in [6.45, 7) is -1.05. The summed E-state index contributed by atoms with van der Waals surface area (Å²) in [4.78, 5) is 49.6. The van der Waals surface area contributed by atoms with Gasteiger partial charge in [-0.2, -0.15) is 4.98 Å². The number of nitrogens with one attached hydrogen (secondary N) is 1. The van der Waals surface area contributed by atoms with Gasteiger partial charge in [0.25, 0.3) is 5.79 Å². The van der Waals surface area contributed by atoms with Crippen LogP contribution < -0.4 is 16.7 Å². The summed E-state index contributed by atoms with van der Waals surface area (Å²) >= 11 is 0. The van der Waals surface area contributed by atoms with E-state index < -0.39 is 106 Å². The number of phosphoric ester groups is 1. The van der Waals surface area contributed by atoms with Crippen LogP contribution in [0.3, 0.4) is 0 Å². The molecular formula is C20H31N4O16P. The Morgan fingerprint density at radius 3 is 2.54 bits per heavy atom. The summed E-state index contributed by atoms with van der Waals surface area (Å²) < 4.78 is 33.7. The number of carboxylic acids is 1. The number of anilines is 1. The Morgan fingerprint density at radius 2 is 1.98 bits per heavy atom. The summed E-state index contributed by atoms with van der Waals surface area (Å²) in [5.41, 5.74) is 4.46. The quantitative estimate of drug-likeness (QED) is 0.104. The first-order valence-electron chi connectivity index (χ1n) is 11.9. The van der Waals surface area contributed by atoms with E-state index in [9.17, 15) is 59.6 Å². The number of nitrogens with two attached hydrogens (primary N) is 1. The lowest BCUT2D eigenvalue weighted by Crippen LogP contribution is -2.67. The normalized spacial score (nSPS) is 34.9. The fraction of sp³-hybridized carbons (Fsp3) is 0.700. The van der Waals surface area contributed by atoms with Gasteiger partial charge < -0.3 is 61.2 Å². The van der Waals surface area contributed by atoms with Crippen molar-refractivity contribution in [2.75, 3.05) is 18.9 Å². The number of carbonyl (C=O) groups excluding carboxylic acids is 1. The van der Waals surface area contributed by atoms with Crippen molar-refractivity contribution in [2.45, 2.75) is 74.1 Å². The minimum Gasteiger partial charge on any atom is -0.477 e. The van der Waals surface area contributed by atoms with Crippen molar-refractivity contribution in [1.82, 2.24) is 14.9 Å². The molecule has 2 fully saturated rings. The van der Waals surface area contributed by atoms with Crippen molar-refractivity contribution < 1.29 is 73.3 Å². The first-order valence-corrected chi connectivity index (χ1v) is 13.4. The Balaban J connectivity index is 1.79. The average Bonchev–Trinajstić information content (AvgIpc) is 3.16. The Labute approximate surface area is 230 Å². The van der Waals surface area contributed by atoms with Crippen molar-refractivity contribution in [3.8, 4) is 0 Å². The molecule has 0 saturated carbocycles. The van der Waals surface area contributed by atoms with E-state index in [1.54, 1.807) is 0 Å². The lowest BCUT2D eigenvalue weighted by molar-refractivity contribution is -0.289. The zero-order chi connectivity index (χ0) is 30.9. The molecule has 3 heterocycles. The highest BCUT2D eigenvalue weighted by atomic mass is 31.2. The zero-order valence-electron chi connectivity index (χ0n) is 21.2. The number of amides is 1. The molecule has 0 aliphatic carbocycles. The van der Waals surface area contributed by atoms with Crippen LogP contribution in [-0.4, -0.2) is 130 Å². The van der Waals surface area contributed by atoms with E-state index in [1.807, 2.05) is 0 Å². The molecule has 2 saturated heterocycles. The number of nitrogens with zero attached hydrogens (tertiary/aromatic N) is 2. The summed E-state index contributed by atoms with van der Waals surface area (Å²) in [5, 5.41) is 72.7. The molecule has 2 unspecified atom stereocenters. The molecule has 0 aromatic carbocycles. The number of aliphatic hydroxyl groups is 6. The Hall–Kier alpha value is -2.59. The maximum Gasteiger partial charge on any atom is 0.475 e. The third kappa shape index (κ3) is 7.25. The molecule has 0 radical (unpaired) electrons. The Morgan fingerprint density at radius 1 is 1.32 bits per heavy atom. The second kappa shape index (κ2) is 12.7. The number of carboxylic acid groups (broad SMARTS) is 1. The molecule has 21 heteroatoms. The fourth-order valence-electron chi connectivity index (χ4n) is 4.32. The van der Waals surface area contributed by atoms with E-state index in [0.717, 1.165) is 17.7 Å². The van der Waals surface area contributed by atoms with Gasteiger partial charge in [-0.1, -0.05) is 0 Å². The number of ether oxygens (including phenoxy) is 2. The molecule has 11 N–H and O–H groups in total. The summed E-state index contributed by atoms with van der Waals surface area (Å²) in [6.07, 6.45) is -14.6. The summed E-state index contributed by atoms with van der Waals surface area (Å²) in [7, 11) is -5.52. The number of hydrogen-bond donors (Lipinski definition) is 10. The van der Waals surface area contributed by atoms with Gasteiger partial charge in [-0.25, -0.2) is 18.7 Å². The molecule has 2 aliphatic rings. The summed E-state index contributed by atoms with van der Waals surface area (Å²) in [6, 6.07) is -0.362. The van der Waals surface area contributed by atoms with Crippen molar-refractivity contribution in [3.05, 3.63) is 22.7 Å². The van der Waals surface area contributed by atoms with Crippen LogP contribution in [-0.2, 0) is 32.7 Å². The highest BCUT2D eigenvalue weighted by Gasteiger charge is 2.59. The average molecular weight is 614 g/mol. The molecule has 1 aromatic heterocycles. The number of carbonyl (C=O) groups is 2. The fourth-order valence-corrected chi connectivity index (χ4v) is 5.27. The van der Waals surface area contributed by atoms with E-state index in [4.69, 9.17) is 24.3 Å². The van der Waals surface area contributed by atoms with Crippen molar-refractivity contribution in [3.63, 3.8) is 0 Å². The molecule has 20 nitrogen and oxygen atoms in total. The van der Waals surface area contributed by atoms with Gasteiger partial charge in [0.2, 0.25) is 5.91 Å². The third-order valence-electron chi connectivity index (χ3n) is 6.31. The van der Waals surface area contributed by atoms with E-state index in [2.05, 4.69) is 10.3 Å². The number of aliphatic carboxylic acids is 1. The number of hydrogen-bond acceptors (Lipinski definition) is 16. The van der Waals surface area contributed by atoms with E-state index in [1.165, 1.54) is 6.07 Å². The van der Waals surface area contributed by atoms with Crippen LogP contribution in [0, 0.1) is 0 Å². The van der Waals surface area contributed by atoms with Gasteiger partial charge >= 0.3 is 19.5 Å². The van der Waals surface area contributed by atoms with Crippen LogP contribution in [0.4, 0.5) is 5.82 Å². The highest BCUT2D eigenvalue weighted by Crippen LogP contribution is 2.51. The standard InChI is InChI=1S/C20H31N4O16P/c1-7(26)22-12-8(27)4-20(18(32)33,39-16(12)13(29)9(28)5-25)40-41(35,36)37-6-10-14(30)15(31)17(38-10)24-3-2-11(21)23-19(24)34/h2-3,8-10,12-17,25,27-31H,4-6H2,1H3,(H,22,26)(H,32,33)(H,35,36)(H2,21,23,34)/t8-,9-,10+,12+,13+,14+,15+,16?,17+,20+/m0/s1. The van der Waals surface area contributed by atoms with Crippen LogP contribution in [0.15, 0.2) is 17.1 Å². The smallest absolute Gasteiger partial charge is 0.475 e. The third-order valence-corrected chi connectivity index (χ3v) is 7.32. The SMILES string of the molecule is CC(=O)N[C@H]1C([C@H](O)[C@@H](O)CO)O[C@](OP(=O)(O)OC[C@H]2O[C@@H](n3ccc(N)nc3=O)[C@H](O)[C@@H]2O)(C(=O)O)C[C@@H]1O. The molecular weight excluding hydrogens is 583 g/mol. The maximum absolute atomic E-state index is 12.8. The number of phosphoric acid groups is 1. The Bertz CT molecular complexity index is 1220. The Kier molecular flexibility index (Phi) is 10.2. The van der Waals surface area contributed by atoms with Crippen molar-refractivity contribution in [2.24, 2.45) is 0 Å². The maximum atomic E-state index is 12.8. The minimum absolute atomic E-state index is 0.135. The molecule has 41 heavy (non-hydrogen) atoms. The van der Waals surface area contributed by atoms with Crippen LogP contribution in [0.5, 0.6) is 0 Å². The first-order chi connectivity index (χ1) is 19.0. The monoisotopic (exact) mass is 614 g/mol. The second-order valence-corrected chi connectivity index (χ2v) is 10.7. The number of aliphatic hydroxyl groups excluding tert-OH is 6. The van der Waals surface area contributed by atoms with Crippen LogP contribution in [0.25, 0.3) is 0 Å². The van der Waals surface area contributed by atoms with Gasteiger partial charge in [-0.3, -0.25) is 13.9 Å². The molecule has 3 rings (SSSR count). The lowest BCUT2D eigenvalue weighted by atomic mass is 9.88. The van der Waals surface area contributed by atoms with Crippen LogP contribution in [0.1, 0.15) is 19.6 Å². The largest absolute Gasteiger partial charge is 0.477 e. The molecule has 1 amide bonds. The van der Waals surface area contributed by atoms with Gasteiger partial charge in [-0.15, -0.1) is 0 Å². The van der Waals surface area contributed by atoms with Gasteiger partial charge in [0, 0.05) is 19.5 Å². The lowest BCUT2D eigenvalue weighted by Gasteiger charge is -2.46. The zero-order valence-corrected chi connectivity index (χ0v) is 22.1. The molecule has 2 aliphatic heterocycles. The second-order valence-electron chi connectivity index (χ2n) is 9.32. The van der Waals surface area contributed by atoms with Crippen molar-refractivity contribution in [1.29, 1.82) is 0 Å². The number of nitrogen functional groups attached to an aromatic ring is 1. The van der Waals surface area contributed by atoms with Gasteiger partial charge in [0.05, 0.1) is 25.4 Å². The van der Waals surface area contributed by atoms with E-state index >= 15 is 0 Å². The van der Waals surface area contributed by atoms with E-state index in [0.29, 0.717) is 0 Å². The molecule has 11 atom stereocenters. The van der Waals surface area contributed by atoms with Crippen molar-refractivity contribution >= 4 is 25.5 Å². The van der Waals surface area contributed by atoms with E-state index in [-0.39, 0.29) is 5.82 Å². The molecule has 232 valence electrons. The molecule has 0 bridgehead atoms. The topological polar surface area (TPSA) is 323 Å². The summed E-state index contributed by atoms with van der Waals surface area (Å²) in [5.74, 6) is -6.20. The molecule has 0 spiro atoms. The minimum atomic E-state index is -5.52. The van der Waals surface area contributed by atoms with Crippen LogP contribution >= 0.6 is 7.82 Å². The predicted molar refractivity (Wildman–Crippen MR) is 128 cm³/mol. The van der Waals surface area contributed by atoms with Gasteiger partial charge in [0.15, 0.2) is 6.23 Å². The predicted octanol–water partition coefficient (Wildman–Crippen LogP) is -5.27. The molecule has 1 aromatic rings. The van der Waals surface area contributed by atoms with Gasteiger partial charge in [-0.05, 0) is 6.07 Å². The first kappa shape index (κ1) is 32.9. The number of aromatic nitrogens is 2.